The van der Waals surface area contributed by atoms with Gasteiger partial charge in [0.2, 0.25) is 0 Å². The summed E-state index contributed by atoms with van der Waals surface area (Å²) in [5, 5.41) is 3.25. The third kappa shape index (κ3) is 5.14. The van der Waals surface area contributed by atoms with Crippen molar-refractivity contribution in [3.05, 3.63) is 131 Å². The smallest absolute Gasteiger partial charge is 0.149 e. The van der Waals surface area contributed by atoms with Gasteiger partial charge in [0, 0.05) is 38.1 Å². The zero-order valence-electron chi connectivity index (χ0n) is 39.0. The minimum absolute atomic E-state index is 0.0752. The Morgan fingerprint density at radius 2 is 1.38 bits per heavy atom. The molecule has 0 saturated carbocycles. The van der Waals surface area contributed by atoms with Crippen LogP contribution >= 0.6 is 0 Å². The Balaban J connectivity index is 1.37. The average Bonchev–Trinajstić information content (AvgIpc) is 3.85. The summed E-state index contributed by atoms with van der Waals surface area (Å²) in [5.41, 5.74) is 7.39. The number of para-hydroxylation sites is 3. The Labute approximate surface area is 322 Å². The first kappa shape index (κ1) is 25.4. The van der Waals surface area contributed by atoms with Gasteiger partial charge in [-0.15, -0.1) is 0 Å². The highest BCUT2D eigenvalue weighted by molar-refractivity contribution is 6.11. The number of aromatic nitrogens is 2. The third-order valence-electron chi connectivity index (χ3n) is 10.5. The summed E-state index contributed by atoms with van der Waals surface area (Å²) >= 11 is 0. The van der Waals surface area contributed by atoms with E-state index in [4.69, 9.17) is 22.0 Å². The summed E-state index contributed by atoms with van der Waals surface area (Å²) in [7, 11) is 0. The number of fused-ring (bicyclic) bond motifs is 7. The van der Waals surface area contributed by atoms with E-state index in [0.29, 0.717) is 67.1 Å². The van der Waals surface area contributed by atoms with Crippen molar-refractivity contribution in [1.82, 2.24) is 9.55 Å². The van der Waals surface area contributed by atoms with Gasteiger partial charge in [0.25, 0.3) is 0 Å². The molecule has 0 atom stereocenters. The maximum Gasteiger partial charge on any atom is 0.149 e. The molecule has 9 aromatic rings. The molecule has 0 aliphatic carbocycles. The molecule has 264 valence electrons. The number of benzene rings is 6. The first-order valence-electron chi connectivity index (χ1n) is 22.1. The van der Waals surface area contributed by atoms with Crippen molar-refractivity contribution in [2.75, 3.05) is 0 Å². The van der Waals surface area contributed by atoms with Crippen LogP contribution in [0.2, 0.25) is 0 Å². The first-order chi connectivity index (χ1) is 28.4. The number of aryl methyl sites for hydroxylation is 2. The molecular formula is C49H46N2O2. The Morgan fingerprint density at radius 1 is 0.660 bits per heavy atom. The van der Waals surface area contributed by atoms with Crippen molar-refractivity contribution in [2.24, 2.45) is 0 Å². The van der Waals surface area contributed by atoms with Gasteiger partial charge in [-0.05, 0) is 101 Å². The van der Waals surface area contributed by atoms with Crippen LogP contribution in [0.25, 0.3) is 83.1 Å². The zero-order chi connectivity index (χ0) is 43.8. The highest BCUT2D eigenvalue weighted by Gasteiger charge is 2.29. The van der Waals surface area contributed by atoms with Crippen LogP contribution in [0.5, 0.6) is 0 Å². The van der Waals surface area contributed by atoms with Crippen LogP contribution in [0.3, 0.4) is 0 Å². The number of imidazole rings is 1. The van der Waals surface area contributed by atoms with Crippen LogP contribution in [0.15, 0.2) is 112 Å². The molecule has 53 heavy (non-hydrogen) atoms. The van der Waals surface area contributed by atoms with Crippen LogP contribution < -0.4 is 0 Å². The lowest BCUT2D eigenvalue weighted by Crippen LogP contribution is -2.12. The molecule has 0 aliphatic heterocycles. The number of nitrogens with zero attached hydrogens (tertiary/aromatic N) is 2. The topological polar surface area (TPSA) is 44.1 Å². The molecule has 0 bridgehead atoms. The molecule has 0 N–H and O–H groups in total. The normalized spacial score (nSPS) is 15.7. The minimum Gasteiger partial charge on any atom is -0.456 e. The first-order valence-corrected chi connectivity index (χ1v) is 18.1. The molecule has 6 aromatic carbocycles. The van der Waals surface area contributed by atoms with E-state index in [1.54, 1.807) is 52.0 Å². The van der Waals surface area contributed by atoms with Crippen molar-refractivity contribution in [1.29, 1.82) is 0 Å². The molecule has 0 unspecified atom stereocenters. The highest BCUT2D eigenvalue weighted by atomic mass is 16.3. The quantitative estimate of drug-likeness (QED) is 0.179. The van der Waals surface area contributed by atoms with E-state index in [9.17, 15) is 2.74 Å². The second-order valence-corrected chi connectivity index (χ2v) is 15.6. The van der Waals surface area contributed by atoms with Gasteiger partial charge in [-0.3, -0.25) is 4.57 Å². The number of hydrogen-bond donors (Lipinski definition) is 0. The minimum atomic E-state index is -2.54. The molecule has 0 radical (unpaired) electrons. The molecule has 0 saturated heterocycles. The lowest BCUT2D eigenvalue weighted by atomic mass is 9.83. The summed E-state index contributed by atoms with van der Waals surface area (Å²) < 4.78 is 85.7. The van der Waals surface area contributed by atoms with Gasteiger partial charge in [0.15, 0.2) is 0 Å². The predicted octanol–water partition coefficient (Wildman–Crippen LogP) is 14.3. The highest BCUT2D eigenvalue weighted by Crippen LogP contribution is 2.46. The maximum absolute atomic E-state index is 9.70. The van der Waals surface area contributed by atoms with Gasteiger partial charge in [-0.2, -0.15) is 0 Å². The van der Waals surface area contributed by atoms with Crippen molar-refractivity contribution < 1.29 is 19.8 Å². The van der Waals surface area contributed by atoms with E-state index in [0.717, 1.165) is 38.2 Å². The van der Waals surface area contributed by atoms with Crippen molar-refractivity contribution >= 4 is 54.9 Å². The van der Waals surface area contributed by atoms with Crippen LogP contribution in [-0.2, 0) is 5.41 Å². The van der Waals surface area contributed by atoms with Crippen LogP contribution in [0.4, 0.5) is 0 Å². The lowest BCUT2D eigenvalue weighted by molar-refractivity contribution is 0.586. The van der Waals surface area contributed by atoms with Gasteiger partial charge < -0.3 is 8.83 Å². The van der Waals surface area contributed by atoms with Gasteiger partial charge in [-0.1, -0.05) is 115 Å². The van der Waals surface area contributed by atoms with Gasteiger partial charge in [0.05, 0.1) is 22.3 Å². The van der Waals surface area contributed by atoms with E-state index in [1.165, 1.54) is 0 Å². The Hall–Kier alpha value is -5.61. The molecule has 4 nitrogen and oxygen atoms in total. The van der Waals surface area contributed by atoms with Crippen LogP contribution in [0, 0.1) is 13.7 Å². The lowest BCUT2D eigenvalue weighted by Gasteiger charge is -2.23. The molecule has 9 rings (SSSR count). The van der Waals surface area contributed by atoms with Crippen LogP contribution in [-0.4, -0.2) is 9.55 Å². The summed E-state index contributed by atoms with van der Waals surface area (Å²) in [4.78, 5) is 5.20. The maximum atomic E-state index is 9.70. The standard InChI is InChI=1S/C49H46N2O2/c1-27(2)37-26-38-33-15-10-11-19-41(33)52-47(38)43(28(3)4)45(37)51-44-29(5)14-12-18-40(44)50-48(51)36-17-13-16-35-34-22-20-32(25-42(34)53-46(35)36)31-21-23-39(30(6)24-31)49(7,8)9/h10-28H,1-9H3/i5D3,6D3,27D,28D. The Kier molecular flexibility index (Phi) is 5.73. The van der Waals surface area contributed by atoms with Crippen molar-refractivity contribution in [3.8, 4) is 28.2 Å². The second kappa shape index (κ2) is 12.0. The van der Waals surface area contributed by atoms with E-state index >= 15 is 0 Å². The van der Waals surface area contributed by atoms with E-state index in [-0.39, 0.29) is 11.0 Å². The molecule has 0 aliphatic rings. The second-order valence-electron chi connectivity index (χ2n) is 15.6. The molecule has 3 heterocycles. The Morgan fingerprint density at radius 3 is 2.15 bits per heavy atom. The van der Waals surface area contributed by atoms with Crippen molar-refractivity contribution in [3.63, 3.8) is 0 Å². The van der Waals surface area contributed by atoms with Crippen LogP contribution in [0.1, 0.15) is 99.0 Å². The fourth-order valence-corrected chi connectivity index (χ4v) is 7.98. The van der Waals surface area contributed by atoms with E-state index < -0.39 is 25.5 Å². The van der Waals surface area contributed by atoms with E-state index in [2.05, 4.69) is 0 Å². The number of furan rings is 2. The molecule has 0 amide bonds. The summed E-state index contributed by atoms with van der Waals surface area (Å²) in [6.45, 7) is 8.31. The fourth-order valence-electron chi connectivity index (χ4n) is 7.98. The summed E-state index contributed by atoms with van der Waals surface area (Å²) in [6.07, 6.45) is 0. The van der Waals surface area contributed by atoms with E-state index in [1.807, 2.05) is 104 Å². The zero-order valence-corrected chi connectivity index (χ0v) is 31.0. The average molecular weight is 703 g/mol. The SMILES string of the molecule is [2H]C([2H])([2H])c1cc(-c2ccc3c(c2)oc2c(-c4nc5cccc(C([2H])([2H])[2H])c5n4-c4c(C([2H])(C)C)cc5c(oc6ccccc65)c4C([2H])(C)C)cccc23)ccc1C(C)(C)C. The molecule has 0 fully saturated rings. The number of rotatable bonds is 5. The molecule has 0 spiro atoms. The Bertz CT molecular complexity index is 3230. The molecule has 3 aromatic heterocycles. The van der Waals surface area contributed by atoms with Gasteiger partial charge in [-0.25, -0.2) is 4.98 Å². The monoisotopic (exact) mass is 702 g/mol. The largest absolute Gasteiger partial charge is 0.456 e. The molecular weight excluding hydrogens is 649 g/mol. The van der Waals surface area contributed by atoms with Gasteiger partial charge in [0.1, 0.15) is 28.2 Å². The van der Waals surface area contributed by atoms with Crippen molar-refractivity contribution in [2.45, 2.75) is 79.4 Å². The summed E-state index contributed by atoms with van der Waals surface area (Å²) in [6, 6.07) is 31.9. The predicted molar refractivity (Wildman–Crippen MR) is 223 cm³/mol. The van der Waals surface area contributed by atoms with Gasteiger partial charge >= 0.3 is 0 Å². The number of hydrogen-bond acceptors (Lipinski definition) is 3. The fraction of sp³-hybridized carbons (Fsp3) is 0.245. The third-order valence-corrected chi connectivity index (χ3v) is 10.5. The molecule has 4 heteroatoms. The summed E-state index contributed by atoms with van der Waals surface area (Å²) in [5.74, 6) is -2.17.